The Morgan fingerprint density at radius 3 is 2.13 bits per heavy atom. The minimum Gasteiger partial charge on any atom is -0.375 e. The fourth-order valence-corrected chi connectivity index (χ4v) is 8.37. The molecule has 3 aliphatic heterocycles. The number of piperazine rings is 1. The quantitative estimate of drug-likeness (QED) is 0.317. The lowest BCUT2D eigenvalue weighted by Gasteiger charge is -2.38. The number of carbonyl (C=O) groups excluding carboxylic acids is 3. The van der Waals surface area contributed by atoms with Crippen molar-refractivity contribution in [2.45, 2.75) is 76.4 Å². The summed E-state index contributed by atoms with van der Waals surface area (Å²) in [4.78, 5) is 59.2. The molecule has 12 nitrogen and oxygen atoms in total. The van der Waals surface area contributed by atoms with Crippen LogP contribution in [0, 0.1) is 17.1 Å². The van der Waals surface area contributed by atoms with Crippen LogP contribution < -0.4 is 5.56 Å². The number of hydrogen-bond donors (Lipinski definition) is 2. The maximum Gasteiger partial charge on any atom is 0.272 e. The van der Waals surface area contributed by atoms with Crippen molar-refractivity contribution in [2.24, 2.45) is 5.92 Å². The number of carbonyl (C=O) groups is 3. The highest BCUT2D eigenvalue weighted by Crippen LogP contribution is 2.27. The van der Waals surface area contributed by atoms with E-state index >= 15 is 0 Å². The SMILES string of the molecule is N=C(C(=O)N1CCC(OC2CCN(CC(=O)N3CCN(C(=O)c4cc(Cc5n[nH]c(=O)c6ccccc56)ccc4F)CC3)CC2)CC1)C1CCCCC1. The summed E-state index contributed by atoms with van der Waals surface area (Å²) in [6.07, 6.45) is 9.21. The summed E-state index contributed by atoms with van der Waals surface area (Å²) in [7, 11) is 0. The monoisotopic (exact) mass is 727 g/mol. The highest BCUT2D eigenvalue weighted by molar-refractivity contribution is 6.38. The van der Waals surface area contributed by atoms with E-state index in [9.17, 15) is 23.6 Å². The summed E-state index contributed by atoms with van der Waals surface area (Å²) in [6, 6.07) is 11.6. The lowest BCUT2D eigenvalue weighted by Crippen LogP contribution is -2.53. The van der Waals surface area contributed by atoms with Crippen LogP contribution in [-0.4, -0.2) is 124 Å². The van der Waals surface area contributed by atoms with Gasteiger partial charge in [-0.3, -0.25) is 29.5 Å². The molecule has 282 valence electrons. The van der Waals surface area contributed by atoms with Gasteiger partial charge in [0.05, 0.1) is 41.1 Å². The minimum atomic E-state index is -0.601. The van der Waals surface area contributed by atoms with Crippen LogP contribution in [0.1, 0.15) is 79.4 Å². The number of hydrogen-bond acceptors (Lipinski definition) is 8. The van der Waals surface area contributed by atoms with Crippen molar-refractivity contribution in [3.63, 3.8) is 0 Å². The Kier molecular flexibility index (Phi) is 11.6. The van der Waals surface area contributed by atoms with Crippen LogP contribution in [-0.2, 0) is 20.7 Å². The van der Waals surface area contributed by atoms with Crippen molar-refractivity contribution < 1.29 is 23.5 Å². The average molecular weight is 728 g/mol. The second kappa shape index (κ2) is 16.7. The van der Waals surface area contributed by atoms with E-state index < -0.39 is 11.7 Å². The van der Waals surface area contributed by atoms with Crippen molar-refractivity contribution in [1.82, 2.24) is 29.8 Å². The van der Waals surface area contributed by atoms with Gasteiger partial charge in [0.2, 0.25) is 5.91 Å². The van der Waals surface area contributed by atoms with Crippen LogP contribution in [0.5, 0.6) is 0 Å². The third-order valence-corrected chi connectivity index (χ3v) is 11.6. The predicted octanol–water partition coefficient (Wildman–Crippen LogP) is 4.01. The number of halogens is 1. The van der Waals surface area contributed by atoms with E-state index in [2.05, 4.69) is 15.1 Å². The second-order valence-corrected chi connectivity index (χ2v) is 15.1. The maximum absolute atomic E-state index is 15.0. The highest BCUT2D eigenvalue weighted by Gasteiger charge is 2.33. The van der Waals surface area contributed by atoms with Gasteiger partial charge in [-0.1, -0.05) is 43.5 Å². The van der Waals surface area contributed by atoms with Crippen molar-refractivity contribution in [2.75, 3.05) is 58.9 Å². The molecule has 0 bridgehead atoms. The first-order chi connectivity index (χ1) is 25.7. The number of piperidine rings is 2. The molecule has 3 saturated heterocycles. The van der Waals surface area contributed by atoms with Gasteiger partial charge in [-0.2, -0.15) is 5.10 Å². The van der Waals surface area contributed by atoms with E-state index in [1.165, 1.54) is 12.5 Å². The molecule has 1 aliphatic carbocycles. The zero-order valence-corrected chi connectivity index (χ0v) is 30.4. The van der Waals surface area contributed by atoms with E-state index in [4.69, 9.17) is 10.1 Å². The molecule has 7 rings (SSSR count). The normalized spacial score (nSPS) is 19.8. The number of H-pyrrole nitrogens is 1. The number of fused-ring (bicyclic) bond motifs is 1. The van der Waals surface area contributed by atoms with Gasteiger partial charge < -0.3 is 19.4 Å². The molecule has 0 spiro atoms. The number of ether oxygens (including phenoxy) is 1. The van der Waals surface area contributed by atoms with E-state index in [1.807, 2.05) is 17.0 Å². The van der Waals surface area contributed by atoms with Crippen LogP contribution in [0.2, 0.25) is 0 Å². The molecule has 4 heterocycles. The summed E-state index contributed by atoms with van der Waals surface area (Å²) in [6.45, 7) is 4.55. The third-order valence-electron chi connectivity index (χ3n) is 11.6. The van der Waals surface area contributed by atoms with E-state index in [1.54, 1.807) is 34.1 Å². The molecule has 2 N–H and O–H groups in total. The Balaban J connectivity index is 0.830. The highest BCUT2D eigenvalue weighted by atomic mass is 19.1. The molecule has 3 aromatic rings. The summed E-state index contributed by atoms with van der Waals surface area (Å²) in [5, 5.41) is 16.4. The van der Waals surface area contributed by atoms with Crippen LogP contribution in [0.3, 0.4) is 0 Å². The largest absolute Gasteiger partial charge is 0.375 e. The standard InChI is InChI=1S/C40H50FN7O5/c41-34-11-10-27(25-35-31-8-4-5-9-32(31)38(50)44-43-35)24-33(34)39(51)48-22-20-46(21-23-48)36(49)26-45-16-12-29(13-17-45)53-30-14-18-47(19-15-30)40(52)37(42)28-6-2-1-3-7-28/h4-5,8-11,24,28-30,42H,1-3,6-7,12-23,25-26H2,(H,44,50). The molecule has 0 unspecified atom stereocenters. The van der Waals surface area contributed by atoms with Gasteiger partial charge in [0.25, 0.3) is 17.4 Å². The number of likely N-dealkylation sites (tertiary alicyclic amines) is 2. The lowest BCUT2D eigenvalue weighted by molar-refractivity contribution is -0.135. The van der Waals surface area contributed by atoms with Crippen molar-refractivity contribution in [1.29, 1.82) is 5.41 Å². The Morgan fingerprint density at radius 1 is 0.792 bits per heavy atom. The van der Waals surface area contributed by atoms with Crippen LogP contribution >= 0.6 is 0 Å². The predicted molar refractivity (Wildman–Crippen MR) is 199 cm³/mol. The number of aromatic nitrogens is 2. The van der Waals surface area contributed by atoms with Gasteiger partial charge in [-0.15, -0.1) is 0 Å². The topological polar surface area (TPSA) is 143 Å². The first-order valence-corrected chi connectivity index (χ1v) is 19.3. The van der Waals surface area contributed by atoms with Gasteiger partial charge in [-0.05, 0) is 62.3 Å². The summed E-state index contributed by atoms with van der Waals surface area (Å²) < 4.78 is 21.4. The number of aromatic amines is 1. The number of rotatable bonds is 9. The average Bonchev–Trinajstić information content (AvgIpc) is 3.20. The number of amides is 3. The summed E-state index contributed by atoms with van der Waals surface area (Å²) in [5.41, 5.74) is 1.33. The lowest BCUT2D eigenvalue weighted by atomic mass is 9.85. The molecule has 0 radical (unpaired) electrons. The Hall–Kier alpha value is -4.49. The number of nitrogens with one attached hydrogen (secondary N) is 2. The van der Waals surface area contributed by atoms with Crippen molar-refractivity contribution in [3.05, 3.63) is 75.5 Å². The van der Waals surface area contributed by atoms with Crippen LogP contribution in [0.25, 0.3) is 10.8 Å². The van der Waals surface area contributed by atoms with Crippen LogP contribution in [0.15, 0.2) is 47.3 Å². The maximum atomic E-state index is 15.0. The first kappa shape index (κ1) is 36.9. The summed E-state index contributed by atoms with van der Waals surface area (Å²) in [5.74, 6) is -0.947. The van der Waals surface area contributed by atoms with Gasteiger partial charge in [-0.25, -0.2) is 9.49 Å². The molecule has 1 saturated carbocycles. The van der Waals surface area contributed by atoms with Gasteiger partial charge >= 0.3 is 0 Å². The molecule has 1 aromatic heterocycles. The van der Waals surface area contributed by atoms with E-state index in [0.29, 0.717) is 80.0 Å². The molecule has 13 heteroatoms. The van der Waals surface area contributed by atoms with Crippen molar-refractivity contribution in [3.8, 4) is 0 Å². The molecule has 2 aromatic carbocycles. The Bertz CT molecular complexity index is 1870. The molecule has 53 heavy (non-hydrogen) atoms. The molecular formula is C40H50FN7O5. The van der Waals surface area contributed by atoms with Gasteiger partial charge in [0.15, 0.2) is 0 Å². The fraction of sp³-hybridized carbons (Fsp3) is 0.550. The molecular weight excluding hydrogens is 677 g/mol. The molecule has 4 fully saturated rings. The number of benzene rings is 2. The Morgan fingerprint density at radius 2 is 1.43 bits per heavy atom. The zero-order valence-electron chi connectivity index (χ0n) is 30.4. The molecule has 0 atom stereocenters. The van der Waals surface area contributed by atoms with Gasteiger partial charge in [0.1, 0.15) is 5.82 Å². The van der Waals surface area contributed by atoms with Gasteiger partial charge in [0, 0.05) is 70.1 Å². The van der Waals surface area contributed by atoms with E-state index in [-0.39, 0.29) is 41.1 Å². The zero-order chi connectivity index (χ0) is 36.9. The molecule has 3 amide bonds. The Labute approximate surface area is 309 Å². The molecule has 4 aliphatic rings. The second-order valence-electron chi connectivity index (χ2n) is 15.1. The van der Waals surface area contributed by atoms with Crippen molar-refractivity contribution >= 4 is 34.2 Å². The number of nitrogens with zero attached hydrogens (tertiary/aromatic N) is 5. The first-order valence-electron chi connectivity index (χ1n) is 19.3. The summed E-state index contributed by atoms with van der Waals surface area (Å²) >= 11 is 0. The minimum absolute atomic E-state index is 0.0182. The van der Waals surface area contributed by atoms with E-state index in [0.717, 1.165) is 64.5 Å². The fourth-order valence-electron chi connectivity index (χ4n) is 8.37. The van der Waals surface area contributed by atoms with Crippen LogP contribution in [0.4, 0.5) is 4.39 Å². The third kappa shape index (κ3) is 8.67. The smallest absolute Gasteiger partial charge is 0.272 e.